The number of benzene rings is 1. The first-order valence-electron chi connectivity index (χ1n) is 4.16. The van der Waals surface area contributed by atoms with Crippen molar-refractivity contribution in [3.8, 4) is 5.75 Å². The number of rotatable bonds is 2. The molecule has 0 fully saturated rings. The van der Waals surface area contributed by atoms with Crippen LogP contribution in [0, 0.1) is 0 Å². The van der Waals surface area contributed by atoms with E-state index in [-0.39, 0.29) is 11.7 Å². The van der Waals surface area contributed by atoms with Crippen molar-refractivity contribution in [3.05, 3.63) is 24.1 Å². The normalized spacial score (nSPS) is 10.4. The molecule has 0 aliphatic carbocycles. The van der Waals surface area contributed by atoms with Gasteiger partial charge in [0.15, 0.2) is 5.58 Å². The standard InChI is InChI=1S/C10H9NO3/c1-6(12)10-11-8-5-7(13-2)3-4-9(8)14-10/h3-5H,1-2H3. The lowest BCUT2D eigenvalue weighted by Crippen LogP contribution is -1.89. The molecule has 0 radical (unpaired) electrons. The van der Waals surface area contributed by atoms with Crippen LogP contribution < -0.4 is 4.74 Å². The largest absolute Gasteiger partial charge is 0.497 e. The molecule has 1 aromatic carbocycles. The molecular formula is C10H9NO3. The molecule has 14 heavy (non-hydrogen) atoms. The topological polar surface area (TPSA) is 52.3 Å². The number of carbonyl (C=O) groups excluding carboxylic acids is 1. The summed E-state index contributed by atoms with van der Waals surface area (Å²) in [5.41, 5.74) is 1.23. The van der Waals surface area contributed by atoms with E-state index < -0.39 is 0 Å². The van der Waals surface area contributed by atoms with Crippen LogP contribution in [0.25, 0.3) is 11.1 Å². The van der Waals surface area contributed by atoms with Gasteiger partial charge in [-0.3, -0.25) is 4.79 Å². The summed E-state index contributed by atoms with van der Waals surface area (Å²) < 4.78 is 10.2. The second-order valence-corrected chi connectivity index (χ2v) is 2.91. The molecule has 0 amide bonds. The Labute approximate surface area is 80.5 Å². The first-order chi connectivity index (χ1) is 6.70. The van der Waals surface area contributed by atoms with Gasteiger partial charge < -0.3 is 9.15 Å². The fraction of sp³-hybridized carbons (Fsp3) is 0.200. The molecule has 1 aromatic heterocycles. The Bertz CT molecular complexity index is 487. The van der Waals surface area contributed by atoms with Crippen LogP contribution in [0.3, 0.4) is 0 Å². The predicted octanol–water partition coefficient (Wildman–Crippen LogP) is 2.04. The Hall–Kier alpha value is -1.84. The molecule has 2 aromatic rings. The minimum Gasteiger partial charge on any atom is -0.497 e. The summed E-state index contributed by atoms with van der Waals surface area (Å²) in [5, 5.41) is 0. The molecule has 72 valence electrons. The summed E-state index contributed by atoms with van der Waals surface area (Å²) in [6, 6.07) is 5.22. The number of carbonyl (C=O) groups is 1. The minimum atomic E-state index is -0.180. The number of ketones is 1. The van der Waals surface area contributed by atoms with Crippen molar-refractivity contribution in [1.82, 2.24) is 4.98 Å². The smallest absolute Gasteiger partial charge is 0.263 e. The third-order valence-electron chi connectivity index (χ3n) is 1.90. The van der Waals surface area contributed by atoms with Gasteiger partial charge in [-0.15, -0.1) is 0 Å². The fourth-order valence-electron chi connectivity index (χ4n) is 1.18. The molecule has 4 nitrogen and oxygen atoms in total. The van der Waals surface area contributed by atoms with Crippen molar-refractivity contribution in [2.45, 2.75) is 6.92 Å². The van der Waals surface area contributed by atoms with Crippen LogP contribution in [0.1, 0.15) is 17.6 Å². The summed E-state index contributed by atoms with van der Waals surface area (Å²) in [4.78, 5) is 15.0. The molecule has 0 atom stereocenters. The molecule has 0 aliphatic rings. The Balaban J connectivity index is 2.60. The molecule has 2 rings (SSSR count). The highest BCUT2D eigenvalue weighted by atomic mass is 16.5. The van der Waals surface area contributed by atoms with E-state index >= 15 is 0 Å². The highest BCUT2D eigenvalue weighted by Gasteiger charge is 2.09. The SMILES string of the molecule is COc1ccc2oc(C(C)=O)nc2c1. The van der Waals surface area contributed by atoms with Crippen molar-refractivity contribution in [2.24, 2.45) is 0 Å². The van der Waals surface area contributed by atoms with E-state index in [9.17, 15) is 4.79 Å². The van der Waals surface area contributed by atoms with Gasteiger partial charge in [-0.05, 0) is 12.1 Å². The van der Waals surface area contributed by atoms with Crippen molar-refractivity contribution >= 4 is 16.9 Å². The summed E-state index contributed by atoms with van der Waals surface area (Å²) in [5.74, 6) is 0.648. The van der Waals surface area contributed by atoms with Gasteiger partial charge in [-0.2, -0.15) is 0 Å². The Morgan fingerprint density at radius 3 is 2.93 bits per heavy atom. The van der Waals surface area contributed by atoms with E-state index in [2.05, 4.69) is 4.98 Å². The maximum atomic E-state index is 11.0. The van der Waals surface area contributed by atoms with Crippen molar-refractivity contribution in [1.29, 1.82) is 0 Å². The fourth-order valence-corrected chi connectivity index (χ4v) is 1.18. The zero-order valence-electron chi connectivity index (χ0n) is 7.90. The summed E-state index contributed by atoms with van der Waals surface area (Å²) in [6.45, 7) is 1.42. The summed E-state index contributed by atoms with van der Waals surface area (Å²) in [7, 11) is 1.58. The average molecular weight is 191 g/mol. The van der Waals surface area contributed by atoms with Crippen LogP contribution in [0.15, 0.2) is 22.6 Å². The third-order valence-corrected chi connectivity index (χ3v) is 1.90. The zero-order valence-corrected chi connectivity index (χ0v) is 7.90. The average Bonchev–Trinajstić information content (AvgIpc) is 2.59. The predicted molar refractivity (Wildman–Crippen MR) is 50.6 cm³/mol. The third kappa shape index (κ3) is 1.35. The van der Waals surface area contributed by atoms with Gasteiger partial charge in [0, 0.05) is 13.0 Å². The number of methoxy groups -OCH3 is 1. The molecule has 0 aliphatic heterocycles. The van der Waals surface area contributed by atoms with E-state index in [1.165, 1.54) is 6.92 Å². The zero-order chi connectivity index (χ0) is 10.1. The van der Waals surface area contributed by atoms with E-state index in [0.717, 1.165) is 0 Å². The van der Waals surface area contributed by atoms with E-state index in [0.29, 0.717) is 16.8 Å². The molecule has 0 saturated heterocycles. The molecular weight excluding hydrogens is 182 g/mol. The van der Waals surface area contributed by atoms with Crippen molar-refractivity contribution in [3.63, 3.8) is 0 Å². The van der Waals surface area contributed by atoms with Crippen LogP contribution in [0.5, 0.6) is 5.75 Å². The highest BCUT2D eigenvalue weighted by Crippen LogP contribution is 2.21. The van der Waals surface area contributed by atoms with Gasteiger partial charge in [-0.25, -0.2) is 4.98 Å². The molecule has 1 heterocycles. The number of hydrogen-bond donors (Lipinski definition) is 0. The number of oxazole rings is 1. The van der Waals surface area contributed by atoms with Crippen LogP contribution >= 0.6 is 0 Å². The molecule has 4 heteroatoms. The highest BCUT2D eigenvalue weighted by molar-refractivity contribution is 5.92. The molecule has 0 unspecified atom stereocenters. The lowest BCUT2D eigenvalue weighted by Gasteiger charge is -1.95. The number of nitrogens with zero attached hydrogens (tertiary/aromatic N) is 1. The Morgan fingerprint density at radius 1 is 1.50 bits per heavy atom. The van der Waals surface area contributed by atoms with Crippen LogP contribution in [0.4, 0.5) is 0 Å². The molecule has 0 N–H and O–H groups in total. The monoisotopic (exact) mass is 191 g/mol. The second kappa shape index (κ2) is 3.14. The van der Waals surface area contributed by atoms with Gasteiger partial charge >= 0.3 is 0 Å². The first-order valence-corrected chi connectivity index (χ1v) is 4.16. The first kappa shape index (κ1) is 8.74. The Kier molecular flexibility index (Phi) is 1.96. The number of Topliss-reactive ketones (excluding diaryl/α,β-unsaturated/α-hetero) is 1. The molecule has 0 spiro atoms. The van der Waals surface area contributed by atoms with Gasteiger partial charge in [0.05, 0.1) is 7.11 Å². The van der Waals surface area contributed by atoms with Crippen LogP contribution in [-0.4, -0.2) is 17.9 Å². The summed E-state index contributed by atoms with van der Waals surface area (Å²) >= 11 is 0. The lowest BCUT2D eigenvalue weighted by atomic mass is 10.3. The number of ether oxygens (including phenoxy) is 1. The number of hydrogen-bond acceptors (Lipinski definition) is 4. The maximum absolute atomic E-state index is 11.0. The van der Waals surface area contributed by atoms with E-state index in [4.69, 9.17) is 9.15 Å². The van der Waals surface area contributed by atoms with Gasteiger partial charge in [0.1, 0.15) is 11.3 Å². The molecule has 0 saturated carbocycles. The minimum absolute atomic E-state index is 0.133. The van der Waals surface area contributed by atoms with Gasteiger partial charge in [0.25, 0.3) is 5.89 Å². The summed E-state index contributed by atoms with van der Waals surface area (Å²) in [6.07, 6.45) is 0. The van der Waals surface area contributed by atoms with Crippen molar-refractivity contribution in [2.75, 3.05) is 7.11 Å². The number of fused-ring (bicyclic) bond motifs is 1. The number of aromatic nitrogens is 1. The second-order valence-electron chi connectivity index (χ2n) is 2.91. The van der Waals surface area contributed by atoms with Gasteiger partial charge in [0.2, 0.25) is 5.78 Å². The van der Waals surface area contributed by atoms with Crippen LogP contribution in [0.2, 0.25) is 0 Å². The van der Waals surface area contributed by atoms with Crippen LogP contribution in [-0.2, 0) is 0 Å². The van der Waals surface area contributed by atoms with Gasteiger partial charge in [-0.1, -0.05) is 0 Å². The Morgan fingerprint density at radius 2 is 2.29 bits per heavy atom. The molecule has 0 bridgehead atoms. The van der Waals surface area contributed by atoms with E-state index in [1.54, 1.807) is 25.3 Å². The quantitative estimate of drug-likeness (QED) is 0.681. The maximum Gasteiger partial charge on any atom is 0.263 e. The van der Waals surface area contributed by atoms with E-state index in [1.807, 2.05) is 0 Å². The van der Waals surface area contributed by atoms with Crippen molar-refractivity contribution < 1.29 is 13.9 Å². The lowest BCUT2D eigenvalue weighted by molar-refractivity contribution is 0.0983.